The third kappa shape index (κ3) is 2.69. The number of carbonyl (C=O) groups is 1. The van der Waals surface area contributed by atoms with Gasteiger partial charge in [-0.05, 0) is 34.6 Å². The van der Waals surface area contributed by atoms with Crippen molar-refractivity contribution in [2.45, 2.75) is 46.2 Å². The molecule has 0 aliphatic rings. The molecule has 3 N–H and O–H groups in total. The fraction of sp³-hybridized carbons (Fsp3) is 0.750. The fourth-order valence-corrected chi connectivity index (χ4v) is 1.42. The maximum Gasteiger partial charge on any atom is 0.228 e. The second-order valence-electron chi connectivity index (χ2n) is 5.84. The minimum absolute atomic E-state index is 0.0921. The van der Waals surface area contributed by atoms with Crippen molar-refractivity contribution in [3.8, 4) is 0 Å². The van der Waals surface area contributed by atoms with Crippen molar-refractivity contribution < 1.29 is 4.79 Å². The second-order valence-corrected chi connectivity index (χ2v) is 5.84. The topological polar surface area (TPSA) is 85.8 Å². The summed E-state index contributed by atoms with van der Waals surface area (Å²) in [5.74, 6) is 0.625. The third-order valence-corrected chi connectivity index (χ3v) is 3.66. The number of nitrogens with two attached hydrogens (primary N) is 1. The number of carbonyl (C=O) groups excluding carboxylic acids is 1. The highest BCUT2D eigenvalue weighted by atomic mass is 16.2. The van der Waals surface area contributed by atoms with Crippen LogP contribution in [0.2, 0.25) is 0 Å². The molecule has 18 heavy (non-hydrogen) atoms. The van der Waals surface area contributed by atoms with Gasteiger partial charge in [0.2, 0.25) is 5.91 Å². The van der Waals surface area contributed by atoms with E-state index in [4.69, 9.17) is 5.73 Å². The number of aryl methyl sites for hydroxylation is 1. The number of amides is 1. The molecule has 1 unspecified atom stereocenters. The summed E-state index contributed by atoms with van der Waals surface area (Å²) >= 11 is 0. The summed E-state index contributed by atoms with van der Waals surface area (Å²) in [4.78, 5) is 12.3. The van der Waals surface area contributed by atoms with Crippen LogP contribution in [-0.4, -0.2) is 26.2 Å². The quantitative estimate of drug-likeness (QED) is 0.829. The van der Waals surface area contributed by atoms with Crippen LogP contribution in [0.15, 0.2) is 6.33 Å². The molecule has 1 aromatic heterocycles. The Morgan fingerprint density at radius 1 is 1.44 bits per heavy atom. The van der Waals surface area contributed by atoms with E-state index in [0.29, 0.717) is 5.82 Å². The first kappa shape index (κ1) is 14.6. The fourth-order valence-electron chi connectivity index (χ4n) is 1.42. The van der Waals surface area contributed by atoms with Crippen LogP contribution in [0.1, 0.15) is 46.5 Å². The molecule has 0 saturated heterocycles. The molecule has 0 bridgehead atoms. The summed E-state index contributed by atoms with van der Waals surface area (Å²) in [6.45, 7) is 9.25. The summed E-state index contributed by atoms with van der Waals surface area (Å²) in [6.07, 6.45) is 1.61. The minimum Gasteiger partial charge on any atom is -0.346 e. The normalized spacial score (nSPS) is 14.4. The maximum absolute atomic E-state index is 12.3. The first-order chi connectivity index (χ1) is 8.07. The number of rotatable bonds is 4. The molecule has 0 aliphatic heterocycles. The van der Waals surface area contributed by atoms with E-state index in [-0.39, 0.29) is 11.9 Å². The molecule has 1 rings (SSSR count). The zero-order valence-corrected chi connectivity index (χ0v) is 12.0. The van der Waals surface area contributed by atoms with E-state index in [9.17, 15) is 4.79 Å². The van der Waals surface area contributed by atoms with Gasteiger partial charge < -0.3 is 15.6 Å². The zero-order valence-electron chi connectivity index (χ0n) is 12.0. The highest BCUT2D eigenvalue weighted by Crippen LogP contribution is 2.29. The van der Waals surface area contributed by atoms with Gasteiger partial charge in [-0.15, -0.1) is 10.2 Å². The van der Waals surface area contributed by atoms with Crippen LogP contribution in [0.5, 0.6) is 0 Å². The largest absolute Gasteiger partial charge is 0.346 e. The Bertz CT molecular complexity index is 430. The van der Waals surface area contributed by atoms with Gasteiger partial charge >= 0.3 is 0 Å². The van der Waals surface area contributed by atoms with E-state index in [1.807, 2.05) is 41.7 Å². The van der Waals surface area contributed by atoms with Gasteiger partial charge in [0.05, 0.1) is 11.5 Å². The van der Waals surface area contributed by atoms with Crippen molar-refractivity contribution >= 4 is 5.91 Å². The maximum atomic E-state index is 12.3. The van der Waals surface area contributed by atoms with Gasteiger partial charge in [-0.25, -0.2) is 0 Å². The molecule has 0 saturated carbocycles. The second kappa shape index (κ2) is 4.68. The van der Waals surface area contributed by atoms with E-state index < -0.39 is 11.0 Å². The van der Waals surface area contributed by atoms with Crippen molar-refractivity contribution in [3.05, 3.63) is 12.2 Å². The van der Waals surface area contributed by atoms with E-state index >= 15 is 0 Å². The Hall–Kier alpha value is -1.43. The summed E-state index contributed by atoms with van der Waals surface area (Å²) in [6, 6.07) is -0.202. The van der Waals surface area contributed by atoms with Crippen LogP contribution in [0, 0.1) is 5.41 Å². The molecule has 6 nitrogen and oxygen atoms in total. The molecule has 0 spiro atoms. The summed E-state index contributed by atoms with van der Waals surface area (Å²) in [7, 11) is 1.84. The van der Waals surface area contributed by atoms with Gasteiger partial charge in [0, 0.05) is 12.6 Å². The lowest BCUT2D eigenvalue weighted by Gasteiger charge is -2.37. The lowest BCUT2D eigenvalue weighted by Crippen LogP contribution is -2.55. The van der Waals surface area contributed by atoms with E-state index in [2.05, 4.69) is 15.5 Å². The number of nitrogens with zero attached hydrogens (tertiary/aromatic N) is 3. The summed E-state index contributed by atoms with van der Waals surface area (Å²) < 4.78 is 1.78. The Balaban J connectivity index is 2.81. The van der Waals surface area contributed by atoms with Crippen molar-refractivity contribution in [2.24, 2.45) is 18.2 Å². The van der Waals surface area contributed by atoms with Gasteiger partial charge in [0.25, 0.3) is 0 Å². The monoisotopic (exact) mass is 253 g/mol. The van der Waals surface area contributed by atoms with Crippen molar-refractivity contribution in [2.75, 3.05) is 0 Å². The molecule has 0 aliphatic carbocycles. The molecular formula is C12H23N5O. The standard InChI is InChI=1S/C12H23N5O/c1-8(9-16-14-7-17(9)6)15-10(18)11(2,3)12(4,5)13/h7-8H,13H2,1-6H3,(H,15,18). The molecule has 6 heteroatoms. The summed E-state index contributed by atoms with van der Waals surface area (Å²) in [5, 5.41) is 10.7. The number of hydrogen-bond donors (Lipinski definition) is 2. The van der Waals surface area contributed by atoms with Crippen molar-refractivity contribution in [1.29, 1.82) is 0 Å². The van der Waals surface area contributed by atoms with Crippen molar-refractivity contribution in [1.82, 2.24) is 20.1 Å². The lowest BCUT2D eigenvalue weighted by atomic mass is 9.74. The minimum atomic E-state index is -0.667. The average Bonchev–Trinajstić information content (AvgIpc) is 2.62. The Morgan fingerprint density at radius 2 is 2.00 bits per heavy atom. The Kier molecular flexibility index (Phi) is 3.81. The molecular weight excluding hydrogens is 230 g/mol. The van der Waals surface area contributed by atoms with Crippen LogP contribution in [0.25, 0.3) is 0 Å². The van der Waals surface area contributed by atoms with Gasteiger partial charge in [0.1, 0.15) is 6.33 Å². The van der Waals surface area contributed by atoms with E-state index in [1.54, 1.807) is 10.9 Å². The van der Waals surface area contributed by atoms with Crippen molar-refractivity contribution in [3.63, 3.8) is 0 Å². The highest BCUT2D eigenvalue weighted by Gasteiger charge is 2.41. The van der Waals surface area contributed by atoms with Gasteiger partial charge in [0.15, 0.2) is 5.82 Å². The molecule has 1 aromatic rings. The number of aromatic nitrogens is 3. The average molecular weight is 253 g/mol. The lowest BCUT2D eigenvalue weighted by molar-refractivity contribution is -0.133. The zero-order chi connectivity index (χ0) is 14.1. The molecule has 0 aromatic carbocycles. The number of hydrogen-bond acceptors (Lipinski definition) is 4. The Labute approximate surface area is 108 Å². The molecule has 1 amide bonds. The van der Waals surface area contributed by atoms with Crippen LogP contribution >= 0.6 is 0 Å². The first-order valence-electron chi connectivity index (χ1n) is 6.01. The van der Waals surface area contributed by atoms with E-state index in [1.165, 1.54) is 0 Å². The number of nitrogens with one attached hydrogen (secondary N) is 1. The van der Waals surface area contributed by atoms with Gasteiger partial charge in [-0.2, -0.15) is 0 Å². The third-order valence-electron chi connectivity index (χ3n) is 3.66. The Morgan fingerprint density at radius 3 is 2.39 bits per heavy atom. The van der Waals surface area contributed by atoms with Gasteiger partial charge in [-0.3, -0.25) is 4.79 Å². The SMILES string of the molecule is CC(NC(=O)C(C)(C)C(C)(C)N)c1nncn1C. The first-order valence-corrected chi connectivity index (χ1v) is 6.01. The van der Waals surface area contributed by atoms with Crippen LogP contribution in [-0.2, 0) is 11.8 Å². The smallest absolute Gasteiger partial charge is 0.228 e. The van der Waals surface area contributed by atoms with E-state index in [0.717, 1.165) is 0 Å². The summed E-state index contributed by atoms with van der Waals surface area (Å²) in [5.41, 5.74) is 4.78. The van der Waals surface area contributed by atoms with Crippen LogP contribution in [0.3, 0.4) is 0 Å². The van der Waals surface area contributed by atoms with Crippen LogP contribution < -0.4 is 11.1 Å². The van der Waals surface area contributed by atoms with Gasteiger partial charge in [-0.1, -0.05) is 0 Å². The predicted molar refractivity (Wildman–Crippen MR) is 69.6 cm³/mol. The molecule has 0 radical (unpaired) electrons. The molecule has 1 atom stereocenters. The molecule has 102 valence electrons. The van der Waals surface area contributed by atoms with Crippen LogP contribution in [0.4, 0.5) is 0 Å². The molecule has 1 heterocycles. The highest BCUT2D eigenvalue weighted by molar-refractivity contribution is 5.83. The molecule has 0 fully saturated rings. The predicted octanol–water partition coefficient (Wildman–Crippen LogP) is 0.756.